The molecule has 1 amide bonds. The number of amides is 1. The van der Waals surface area contributed by atoms with Crippen molar-refractivity contribution in [3.63, 3.8) is 0 Å². The van der Waals surface area contributed by atoms with Crippen molar-refractivity contribution in [3.05, 3.63) is 83.6 Å². The lowest BCUT2D eigenvalue weighted by Gasteiger charge is -2.13. The summed E-state index contributed by atoms with van der Waals surface area (Å²) in [7, 11) is 0. The summed E-state index contributed by atoms with van der Waals surface area (Å²) in [4.78, 5) is 20.5. The highest BCUT2D eigenvalue weighted by Crippen LogP contribution is 2.33. The first-order chi connectivity index (χ1) is 14.1. The van der Waals surface area contributed by atoms with Crippen LogP contribution < -0.4 is 21.3 Å². The van der Waals surface area contributed by atoms with Gasteiger partial charge in [-0.15, -0.1) is 0 Å². The van der Waals surface area contributed by atoms with E-state index in [1.54, 1.807) is 24.3 Å². The number of hydrogen-bond donors (Lipinski definition) is 3. The number of nitrogens with zero attached hydrogens (tertiary/aromatic N) is 2. The topological polar surface area (TPSA) is 102 Å². The number of rotatable bonds is 5. The molecule has 0 unspecified atom stereocenters. The van der Waals surface area contributed by atoms with Crippen LogP contribution in [0.4, 0.5) is 11.5 Å². The Kier molecular flexibility index (Phi) is 5.13. The maximum absolute atomic E-state index is 12.3. The van der Waals surface area contributed by atoms with E-state index in [9.17, 15) is 4.79 Å². The highest BCUT2D eigenvalue weighted by atomic mass is 35.5. The average Bonchev–Trinajstić information content (AvgIpc) is 2.75. The molecule has 0 fully saturated rings. The van der Waals surface area contributed by atoms with E-state index in [4.69, 9.17) is 22.1 Å². The van der Waals surface area contributed by atoms with Crippen LogP contribution in [0.3, 0.4) is 0 Å². The molecule has 4 rings (SSSR count). The predicted octanol–water partition coefficient (Wildman–Crippen LogP) is 4.41. The maximum Gasteiger partial charge on any atom is 0.271 e. The van der Waals surface area contributed by atoms with E-state index in [0.717, 1.165) is 10.8 Å². The number of aromatic nitrogens is 2. The molecule has 1 heterocycles. The first-order valence-corrected chi connectivity index (χ1v) is 9.08. The summed E-state index contributed by atoms with van der Waals surface area (Å²) >= 11 is 6.04. The third-order valence-corrected chi connectivity index (χ3v) is 4.55. The van der Waals surface area contributed by atoms with Gasteiger partial charge in [-0.2, -0.15) is 4.98 Å². The van der Waals surface area contributed by atoms with Crippen molar-refractivity contribution in [2.75, 3.05) is 11.2 Å². The van der Waals surface area contributed by atoms with Crippen LogP contribution in [0.2, 0.25) is 5.02 Å². The minimum absolute atomic E-state index is 0.153. The van der Waals surface area contributed by atoms with Gasteiger partial charge in [-0.05, 0) is 23.6 Å². The lowest BCUT2D eigenvalue weighted by molar-refractivity contribution is 0.0962. The molecule has 0 spiro atoms. The van der Waals surface area contributed by atoms with Gasteiger partial charge in [0.15, 0.2) is 5.82 Å². The summed E-state index contributed by atoms with van der Waals surface area (Å²) in [6, 6.07) is 20.2. The van der Waals surface area contributed by atoms with E-state index in [1.165, 1.54) is 6.33 Å². The van der Waals surface area contributed by atoms with Gasteiger partial charge in [0.05, 0.1) is 10.6 Å². The fourth-order valence-electron chi connectivity index (χ4n) is 2.78. The van der Waals surface area contributed by atoms with Crippen molar-refractivity contribution in [2.45, 2.75) is 0 Å². The van der Waals surface area contributed by atoms with Gasteiger partial charge in [0.2, 0.25) is 5.88 Å². The third kappa shape index (κ3) is 3.90. The molecule has 0 bridgehead atoms. The van der Waals surface area contributed by atoms with Gasteiger partial charge in [0, 0.05) is 5.39 Å². The minimum Gasteiger partial charge on any atom is -0.436 e. The van der Waals surface area contributed by atoms with Gasteiger partial charge in [-0.3, -0.25) is 15.6 Å². The molecule has 1 aromatic heterocycles. The van der Waals surface area contributed by atoms with Crippen molar-refractivity contribution >= 4 is 39.8 Å². The monoisotopic (exact) mass is 405 g/mol. The summed E-state index contributed by atoms with van der Waals surface area (Å²) in [6.07, 6.45) is 1.29. The molecule has 0 saturated heterocycles. The Morgan fingerprint density at radius 1 is 0.966 bits per heavy atom. The van der Waals surface area contributed by atoms with Crippen LogP contribution >= 0.6 is 11.6 Å². The predicted molar refractivity (Wildman–Crippen MR) is 113 cm³/mol. The highest BCUT2D eigenvalue weighted by Gasteiger charge is 2.14. The van der Waals surface area contributed by atoms with Gasteiger partial charge < -0.3 is 10.5 Å². The summed E-state index contributed by atoms with van der Waals surface area (Å²) in [5, 5.41) is 2.29. The lowest BCUT2D eigenvalue weighted by Crippen LogP contribution is -2.30. The molecule has 0 aliphatic carbocycles. The Bertz CT molecular complexity index is 1190. The molecule has 0 radical (unpaired) electrons. The second kappa shape index (κ2) is 8.04. The van der Waals surface area contributed by atoms with Crippen LogP contribution in [-0.2, 0) is 0 Å². The number of benzene rings is 3. The number of hydrazine groups is 1. The van der Waals surface area contributed by atoms with E-state index >= 15 is 0 Å². The van der Waals surface area contributed by atoms with E-state index in [0.29, 0.717) is 16.3 Å². The van der Waals surface area contributed by atoms with E-state index in [-0.39, 0.29) is 17.4 Å². The third-order valence-electron chi connectivity index (χ3n) is 4.22. The number of carbonyl (C=O) groups excluding carboxylic acids is 1. The lowest BCUT2D eigenvalue weighted by atomic mass is 10.1. The number of fused-ring (bicyclic) bond motifs is 1. The summed E-state index contributed by atoms with van der Waals surface area (Å²) in [6.45, 7) is 0. The molecule has 29 heavy (non-hydrogen) atoms. The van der Waals surface area contributed by atoms with Crippen LogP contribution in [0.15, 0.2) is 73.1 Å². The number of hydrogen-bond acceptors (Lipinski definition) is 6. The van der Waals surface area contributed by atoms with Crippen LogP contribution in [0.5, 0.6) is 11.6 Å². The Morgan fingerprint density at radius 3 is 2.59 bits per heavy atom. The average molecular weight is 406 g/mol. The number of halogens is 1. The smallest absolute Gasteiger partial charge is 0.271 e. The zero-order valence-corrected chi connectivity index (χ0v) is 15.9. The van der Waals surface area contributed by atoms with Crippen LogP contribution in [0, 0.1) is 0 Å². The van der Waals surface area contributed by atoms with Crippen molar-refractivity contribution in [2.24, 2.45) is 0 Å². The van der Waals surface area contributed by atoms with Gasteiger partial charge >= 0.3 is 0 Å². The van der Waals surface area contributed by atoms with Gasteiger partial charge in [0.25, 0.3) is 5.91 Å². The Labute approximate surface area is 171 Å². The maximum atomic E-state index is 12.3. The van der Waals surface area contributed by atoms with Crippen molar-refractivity contribution < 1.29 is 9.53 Å². The normalized spacial score (nSPS) is 10.5. The number of nitrogens with two attached hydrogens (primary N) is 1. The fraction of sp³-hybridized carbons (Fsp3) is 0. The quantitative estimate of drug-likeness (QED) is 0.425. The Balaban J connectivity index is 1.55. The summed E-state index contributed by atoms with van der Waals surface area (Å²) in [5.41, 5.74) is 11.8. The SMILES string of the molecule is Nc1c(NNC(=O)c2ccccc2Cl)ncnc1Oc1cccc2ccccc12. The van der Waals surface area contributed by atoms with Crippen LogP contribution in [-0.4, -0.2) is 15.9 Å². The van der Waals surface area contributed by atoms with E-state index < -0.39 is 5.91 Å². The van der Waals surface area contributed by atoms with Crippen molar-refractivity contribution in [1.82, 2.24) is 15.4 Å². The van der Waals surface area contributed by atoms with Crippen LogP contribution in [0.1, 0.15) is 10.4 Å². The molecular formula is C21H16ClN5O2. The molecule has 8 heteroatoms. The first kappa shape index (κ1) is 18.5. The second-order valence-corrected chi connectivity index (χ2v) is 6.49. The standard InChI is InChI=1S/C21H16ClN5O2/c22-16-10-4-3-9-15(16)20(28)27-26-19-18(23)21(25-12-24-19)29-17-11-5-7-13-6-1-2-8-14(13)17/h1-12H,23H2,(H,27,28)(H,24,25,26). The molecule has 144 valence electrons. The highest BCUT2D eigenvalue weighted by molar-refractivity contribution is 6.33. The molecule has 4 aromatic rings. The Morgan fingerprint density at radius 2 is 1.72 bits per heavy atom. The van der Waals surface area contributed by atoms with Gasteiger partial charge in [-0.1, -0.05) is 60.1 Å². The van der Waals surface area contributed by atoms with Crippen LogP contribution in [0.25, 0.3) is 10.8 Å². The minimum atomic E-state index is -0.426. The van der Waals surface area contributed by atoms with E-state index in [2.05, 4.69) is 20.8 Å². The molecule has 0 aliphatic heterocycles. The number of nitrogens with one attached hydrogen (secondary N) is 2. The van der Waals surface area contributed by atoms with Crippen molar-refractivity contribution in [3.8, 4) is 11.6 Å². The number of nitrogen functional groups attached to an aromatic ring is 1. The van der Waals surface area contributed by atoms with E-state index in [1.807, 2.05) is 42.5 Å². The summed E-state index contributed by atoms with van der Waals surface area (Å²) in [5.74, 6) is 0.561. The molecule has 0 saturated carbocycles. The van der Waals surface area contributed by atoms with Crippen molar-refractivity contribution in [1.29, 1.82) is 0 Å². The molecule has 4 N–H and O–H groups in total. The van der Waals surface area contributed by atoms with Gasteiger partial charge in [-0.25, -0.2) is 4.98 Å². The van der Waals surface area contributed by atoms with Gasteiger partial charge in [0.1, 0.15) is 17.8 Å². The number of ether oxygens (including phenoxy) is 1. The zero-order valence-electron chi connectivity index (χ0n) is 15.1. The molecule has 3 aromatic carbocycles. The molecule has 0 atom stereocenters. The number of anilines is 2. The molecular weight excluding hydrogens is 390 g/mol. The fourth-order valence-corrected chi connectivity index (χ4v) is 3.00. The first-order valence-electron chi connectivity index (χ1n) is 8.70. The zero-order chi connectivity index (χ0) is 20.2. The second-order valence-electron chi connectivity index (χ2n) is 6.08. The molecule has 0 aliphatic rings. The molecule has 7 nitrogen and oxygen atoms in total. The summed E-state index contributed by atoms with van der Waals surface area (Å²) < 4.78 is 5.92. The largest absolute Gasteiger partial charge is 0.436 e. The Hall–Kier alpha value is -3.84. The number of carbonyl (C=O) groups is 1.